The number of carbonyl (C=O) groups is 1. The smallest absolute Gasteiger partial charge is 0.356 e. The molecule has 1 heterocycles. The molecule has 0 unspecified atom stereocenters. The maximum absolute atomic E-state index is 11.2. The van der Waals surface area contributed by atoms with E-state index in [9.17, 15) is 9.90 Å². The molecule has 0 fully saturated rings. The highest BCUT2D eigenvalue weighted by molar-refractivity contribution is 6.32. The molecule has 0 amide bonds. The monoisotopic (exact) mass is 298 g/mol. The molecule has 21 heavy (non-hydrogen) atoms. The van der Waals surface area contributed by atoms with Crippen molar-refractivity contribution >= 4 is 17.6 Å². The van der Waals surface area contributed by atoms with Crippen molar-refractivity contribution in [1.82, 2.24) is 9.78 Å². The van der Waals surface area contributed by atoms with Gasteiger partial charge in [-0.15, -0.1) is 0 Å². The van der Waals surface area contributed by atoms with Crippen LogP contribution in [0.15, 0.2) is 60.7 Å². The van der Waals surface area contributed by atoms with Crippen molar-refractivity contribution < 1.29 is 9.90 Å². The minimum Gasteiger partial charge on any atom is -0.476 e. The zero-order valence-electron chi connectivity index (χ0n) is 10.9. The standard InChI is InChI=1S/C16H11ClN2O2/c17-12-8-4-5-9-14(12)19-15(10-13(18-19)16(20)21)11-6-2-1-3-7-11/h1-10H,(H,20,21). The van der Waals surface area contributed by atoms with Crippen molar-refractivity contribution in [3.63, 3.8) is 0 Å². The molecular formula is C16H11ClN2O2. The van der Waals surface area contributed by atoms with Gasteiger partial charge in [0.05, 0.1) is 16.4 Å². The summed E-state index contributed by atoms with van der Waals surface area (Å²) in [7, 11) is 0. The van der Waals surface area contributed by atoms with Crippen molar-refractivity contribution in [3.8, 4) is 16.9 Å². The second-order valence-corrected chi connectivity index (χ2v) is 4.86. The Hall–Kier alpha value is -2.59. The lowest BCUT2D eigenvalue weighted by Crippen LogP contribution is -2.02. The van der Waals surface area contributed by atoms with E-state index in [0.29, 0.717) is 16.4 Å². The lowest BCUT2D eigenvalue weighted by atomic mass is 10.1. The number of halogens is 1. The lowest BCUT2D eigenvalue weighted by molar-refractivity contribution is 0.0690. The van der Waals surface area contributed by atoms with Crippen molar-refractivity contribution in [2.24, 2.45) is 0 Å². The van der Waals surface area contributed by atoms with E-state index in [1.54, 1.807) is 22.9 Å². The third-order valence-electron chi connectivity index (χ3n) is 3.08. The number of aromatic carboxylic acids is 1. The Bertz CT molecular complexity index is 797. The van der Waals surface area contributed by atoms with E-state index in [1.165, 1.54) is 0 Å². The van der Waals surface area contributed by atoms with E-state index in [0.717, 1.165) is 5.56 Å². The SMILES string of the molecule is O=C(O)c1cc(-c2ccccc2)n(-c2ccccc2Cl)n1. The second kappa shape index (κ2) is 5.42. The summed E-state index contributed by atoms with van der Waals surface area (Å²) in [5, 5.41) is 13.8. The minimum absolute atomic E-state index is 0.0197. The highest BCUT2D eigenvalue weighted by Crippen LogP contribution is 2.27. The predicted molar refractivity (Wildman–Crippen MR) is 81.0 cm³/mol. The number of benzene rings is 2. The van der Waals surface area contributed by atoms with E-state index in [1.807, 2.05) is 42.5 Å². The Balaban J connectivity index is 2.24. The normalized spacial score (nSPS) is 10.5. The Morgan fingerprint density at radius 2 is 1.71 bits per heavy atom. The Kier molecular flexibility index (Phi) is 3.46. The van der Waals surface area contributed by atoms with Gasteiger partial charge >= 0.3 is 5.97 Å². The molecule has 0 aliphatic carbocycles. The van der Waals surface area contributed by atoms with Crippen molar-refractivity contribution in [2.45, 2.75) is 0 Å². The molecule has 3 aromatic rings. The maximum Gasteiger partial charge on any atom is 0.356 e. The van der Waals surface area contributed by atoms with E-state index < -0.39 is 5.97 Å². The first-order valence-corrected chi connectivity index (χ1v) is 6.68. The first-order chi connectivity index (χ1) is 10.2. The van der Waals surface area contributed by atoms with Crippen LogP contribution in [0.3, 0.4) is 0 Å². The molecule has 0 spiro atoms. The average molecular weight is 299 g/mol. The van der Waals surface area contributed by atoms with Crippen LogP contribution in [-0.4, -0.2) is 20.9 Å². The highest BCUT2D eigenvalue weighted by atomic mass is 35.5. The summed E-state index contributed by atoms with van der Waals surface area (Å²) >= 11 is 6.20. The fourth-order valence-corrected chi connectivity index (χ4v) is 2.32. The third-order valence-corrected chi connectivity index (χ3v) is 3.40. The summed E-state index contributed by atoms with van der Waals surface area (Å²) in [5.74, 6) is -1.07. The average Bonchev–Trinajstić information content (AvgIpc) is 2.94. The minimum atomic E-state index is -1.07. The largest absolute Gasteiger partial charge is 0.476 e. The van der Waals surface area contributed by atoms with Gasteiger partial charge in [0.1, 0.15) is 0 Å². The molecule has 4 nitrogen and oxygen atoms in total. The van der Waals surface area contributed by atoms with Crippen molar-refractivity contribution in [1.29, 1.82) is 0 Å². The van der Waals surface area contributed by atoms with Crippen molar-refractivity contribution in [3.05, 3.63) is 71.4 Å². The fourth-order valence-electron chi connectivity index (χ4n) is 2.11. The Labute approximate surface area is 126 Å². The molecule has 0 aliphatic rings. The van der Waals surface area contributed by atoms with Gasteiger partial charge in [0.15, 0.2) is 5.69 Å². The van der Waals surface area contributed by atoms with Crippen LogP contribution in [0.5, 0.6) is 0 Å². The number of para-hydroxylation sites is 1. The second-order valence-electron chi connectivity index (χ2n) is 4.45. The first kappa shape index (κ1) is 13.4. The molecule has 0 saturated heterocycles. The van der Waals surface area contributed by atoms with Gasteiger partial charge in [-0.25, -0.2) is 9.48 Å². The van der Waals surface area contributed by atoms with Crippen LogP contribution in [-0.2, 0) is 0 Å². The number of nitrogens with zero attached hydrogens (tertiary/aromatic N) is 2. The summed E-state index contributed by atoms with van der Waals surface area (Å²) in [6.07, 6.45) is 0. The van der Waals surface area contributed by atoms with E-state index in [4.69, 9.17) is 11.6 Å². The summed E-state index contributed by atoms with van der Waals surface area (Å²) < 4.78 is 1.56. The molecular weight excluding hydrogens is 288 g/mol. The molecule has 1 aromatic heterocycles. The highest BCUT2D eigenvalue weighted by Gasteiger charge is 2.16. The number of rotatable bonds is 3. The van der Waals surface area contributed by atoms with Crippen LogP contribution in [0.25, 0.3) is 16.9 Å². The Morgan fingerprint density at radius 1 is 1.05 bits per heavy atom. The van der Waals surface area contributed by atoms with Crippen LogP contribution in [0, 0.1) is 0 Å². The molecule has 0 radical (unpaired) electrons. The number of hydrogen-bond acceptors (Lipinski definition) is 2. The zero-order chi connectivity index (χ0) is 14.8. The van der Waals surface area contributed by atoms with Crippen LogP contribution in [0.4, 0.5) is 0 Å². The third kappa shape index (κ3) is 2.53. The number of carboxylic acid groups (broad SMARTS) is 1. The zero-order valence-corrected chi connectivity index (χ0v) is 11.7. The van der Waals surface area contributed by atoms with Gasteiger partial charge in [-0.05, 0) is 18.2 Å². The number of carboxylic acids is 1. The van der Waals surface area contributed by atoms with E-state index in [2.05, 4.69) is 5.10 Å². The van der Waals surface area contributed by atoms with Gasteiger partial charge in [0, 0.05) is 5.56 Å². The molecule has 104 valence electrons. The van der Waals surface area contributed by atoms with Gasteiger partial charge in [-0.1, -0.05) is 54.1 Å². The van der Waals surface area contributed by atoms with Crippen LogP contribution < -0.4 is 0 Å². The summed E-state index contributed by atoms with van der Waals surface area (Å²) in [5.41, 5.74) is 2.18. The number of hydrogen-bond donors (Lipinski definition) is 1. The van der Waals surface area contributed by atoms with Gasteiger partial charge in [-0.2, -0.15) is 5.10 Å². The molecule has 1 N–H and O–H groups in total. The lowest BCUT2D eigenvalue weighted by Gasteiger charge is -2.09. The van der Waals surface area contributed by atoms with Gasteiger partial charge in [0.25, 0.3) is 0 Å². The Morgan fingerprint density at radius 3 is 2.38 bits per heavy atom. The summed E-state index contributed by atoms with van der Waals surface area (Å²) in [6.45, 7) is 0. The maximum atomic E-state index is 11.2. The fraction of sp³-hybridized carbons (Fsp3) is 0. The summed E-state index contributed by atoms with van der Waals surface area (Å²) in [6, 6.07) is 18.2. The van der Waals surface area contributed by atoms with Gasteiger partial charge < -0.3 is 5.11 Å². The van der Waals surface area contributed by atoms with E-state index >= 15 is 0 Å². The molecule has 5 heteroatoms. The van der Waals surface area contributed by atoms with Gasteiger partial charge in [0.2, 0.25) is 0 Å². The molecule has 3 rings (SSSR count). The molecule has 0 bridgehead atoms. The molecule has 2 aromatic carbocycles. The molecule has 0 atom stereocenters. The molecule has 0 saturated carbocycles. The van der Waals surface area contributed by atoms with Crippen molar-refractivity contribution in [2.75, 3.05) is 0 Å². The summed E-state index contributed by atoms with van der Waals surface area (Å²) in [4.78, 5) is 11.2. The topological polar surface area (TPSA) is 55.1 Å². The van der Waals surface area contributed by atoms with Crippen LogP contribution >= 0.6 is 11.6 Å². The first-order valence-electron chi connectivity index (χ1n) is 6.30. The van der Waals surface area contributed by atoms with Crippen LogP contribution in [0.2, 0.25) is 5.02 Å². The van der Waals surface area contributed by atoms with Crippen LogP contribution in [0.1, 0.15) is 10.5 Å². The van der Waals surface area contributed by atoms with E-state index in [-0.39, 0.29) is 5.69 Å². The van der Waals surface area contributed by atoms with Gasteiger partial charge in [-0.3, -0.25) is 0 Å². The molecule has 0 aliphatic heterocycles. The predicted octanol–water partition coefficient (Wildman–Crippen LogP) is 3.89. The quantitative estimate of drug-likeness (QED) is 0.798. The number of aromatic nitrogens is 2.